The van der Waals surface area contributed by atoms with E-state index < -0.39 is 0 Å². The molecule has 0 aromatic heterocycles. The molecule has 1 radical (unpaired) electrons. The van der Waals surface area contributed by atoms with E-state index in [2.05, 4.69) is 12.8 Å². The normalized spacial score (nSPS) is 10.7. The Hall–Kier alpha value is -0.440. The van der Waals surface area contributed by atoms with Gasteiger partial charge in [0.1, 0.15) is 0 Å². The predicted octanol–water partition coefficient (Wildman–Crippen LogP) is 7.62. The van der Waals surface area contributed by atoms with Gasteiger partial charge < -0.3 is 0 Å². The van der Waals surface area contributed by atoms with Gasteiger partial charge in [-0.05, 0) is 12.8 Å². The van der Waals surface area contributed by atoms with Crippen molar-refractivity contribution >= 4 is 0 Å². The molecule has 0 aliphatic carbocycles. The highest BCUT2D eigenvalue weighted by atomic mass is 14.0. The summed E-state index contributed by atoms with van der Waals surface area (Å²) in [7, 11) is 0. The Morgan fingerprint density at radius 3 is 1.05 bits per heavy atom. The second-order valence-electron chi connectivity index (χ2n) is 6.58. The lowest BCUT2D eigenvalue weighted by Gasteiger charge is -2.03. The average Bonchev–Trinajstić information content (AvgIpc) is 2.50. The van der Waals surface area contributed by atoms with Gasteiger partial charge in [0, 0.05) is 6.42 Å². The maximum Gasteiger partial charge on any atom is 0.00989 e. The number of rotatable bonds is 17. The third-order valence-electron chi connectivity index (χ3n) is 4.41. The fourth-order valence-corrected chi connectivity index (χ4v) is 2.94. The van der Waals surface area contributed by atoms with Gasteiger partial charge >= 0.3 is 0 Å². The number of hydrogen-bond donors (Lipinski definition) is 0. The number of hydrogen-bond acceptors (Lipinski definition) is 0. The van der Waals surface area contributed by atoms with Crippen LogP contribution < -0.4 is 0 Å². The summed E-state index contributed by atoms with van der Waals surface area (Å²) in [5, 5.41) is 0. The fraction of sp³-hybridized carbons (Fsp3) is 0.905. The summed E-state index contributed by atoms with van der Waals surface area (Å²) in [6, 6.07) is 0. The Morgan fingerprint density at radius 2 is 0.762 bits per heavy atom. The van der Waals surface area contributed by atoms with Crippen molar-refractivity contribution in [1.82, 2.24) is 0 Å². The smallest absolute Gasteiger partial charge is 0.00989 e. The van der Waals surface area contributed by atoms with Crippen LogP contribution >= 0.6 is 0 Å². The molecule has 0 rings (SSSR count). The van der Waals surface area contributed by atoms with Gasteiger partial charge in [0.2, 0.25) is 0 Å². The van der Waals surface area contributed by atoms with Crippen LogP contribution in [-0.2, 0) is 0 Å². The van der Waals surface area contributed by atoms with E-state index in [1.807, 2.05) is 0 Å². The van der Waals surface area contributed by atoms with Crippen LogP contribution in [0.5, 0.6) is 0 Å². The van der Waals surface area contributed by atoms with Gasteiger partial charge in [-0.15, -0.1) is 0 Å². The van der Waals surface area contributed by atoms with Gasteiger partial charge in [0.15, 0.2) is 0 Å². The largest absolute Gasteiger partial charge is 0.0891 e. The van der Waals surface area contributed by atoms with Crippen LogP contribution in [0.2, 0.25) is 0 Å². The SMILES string of the molecule is [C]#CCCCCCCCCCCCCCCCCCCC. The molecule has 0 heteroatoms. The van der Waals surface area contributed by atoms with Gasteiger partial charge in [-0.3, -0.25) is 0 Å². The summed E-state index contributed by atoms with van der Waals surface area (Å²) >= 11 is 0. The van der Waals surface area contributed by atoms with Crippen molar-refractivity contribution in [3.63, 3.8) is 0 Å². The van der Waals surface area contributed by atoms with Crippen LogP contribution in [0.25, 0.3) is 0 Å². The van der Waals surface area contributed by atoms with Crippen LogP contribution in [0.1, 0.15) is 122 Å². The maximum atomic E-state index is 6.84. The molecule has 0 saturated carbocycles. The standard InChI is InChI=1S/C21H39/c1-3-5-7-9-11-13-15-17-19-21-20-18-16-14-12-10-8-6-4-2/h3,5-21H2,1H3. The van der Waals surface area contributed by atoms with Crippen LogP contribution in [-0.4, -0.2) is 0 Å². The molecule has 0 spiro atoms. The predicted molar refractivity (Wildman–Crippen MR) is 95.9 cm³/mol. The van der Waals surface area contributed by atoms with Crippen LogP contribution in [0.4, 0.5) is 0 Å². The molecule has 0 aliphatic heterocycles. The molecule has 0 aromatic carbocycles. The van der Waals surface area contributed by atoms with Gasteiger partial charge in [0.05, 0.1) is 0 Å². The summed E-state index contributed by atoms with van der Waals surface area (Å²) in [5.74, 6) is 2.47. The van der Waals surface area contributed by atoms with Gasteiger partial charge in [-0.1, -0.05) is 116 Å². The average molecular weight is 292 g/mol. The summed E-state index contributed by atoms with van der Waals surface area (Å²) in [6.45, 7) is 2.29. The minimum atomic E-state index is 0.860. The summed E-state index contributed by atoms with van der Waals surface area (Å²) in [5.41, 5.74) is 0. The molecule has 0 nitrogen and oxygen atoms in total. The molecule has 0 heterocycles. The van der Waals surface area contributed by atoms with E-state index >= 15 is 0 Å². The first-order valence-electron chi connectivity index (χ1n) is 9.81. The van der Waals surface area contributed by atoms with E-state index in [1.165, 1.54) is 109 Å². The zero-order valence-corrected chi connectivity index (χ0v) is 14.7. The van der Waals surface area contributed by atoms with Gasteiger partial charge in [-0.25, -0.2) is 0 Å². The molecule has 0 bridgehead atoms. The number of unbranched alkanes of at least 4 members (excludes halogenated alkanes) is 17. The van der Waals surface area contributed by atoms with Crippen molar-refractivity contribution in [1.29, 1.82) is 0 Å². The van der Waals surface area contributed by atoms with Crippen molar-refractivity contribution in [2.75, 3.05) is 0 Å². The van der Waals surface area contributed by atoms with Crippen molar-refractivity contribution < 1.29 is 0 Å². The van der Waals surface area contributed by atoms with E-state index in [-0.39, 0.29) is 0 Å². The van der Waals surface area contributed by atoms with Crippen molar-refractivity contribution in [3.8, 4) is 5.92 Å². The van der Waals surface area contributed by atoms with E-state index in [4.69, 9.17) is 6.42 Å². The molecule has 0 aromatic rings. The maximum absolute atomic E-state index is 6.84. The van der Waals surface area contributed by atoms with Crippen LogP contribution in [0.3, 0.4) is 0 Å². The molecule has 0 unspecified atom stereocenters. The summed E-state index contributed by atoms with van der Waals surface area (Å²) in [6.07, 6.45) is 31.7. The first-order valence-corrected chi connectivity index (χ1v) is 9.81. The molecular weight excluding hydrogens is 252 g/mol. The topological polar surface area (TPSA) is 0 Å². The van der Waals surface area contributed by atoms with Gasteiger partial charge in [0.25, 0.3) is 0 Å². The second kappa shape index (κ2) is 19.6. The molecule has 123 valence electrons. The Morgan fingerprint density at radius 1 is 0.476 bits per heavy atom. The van der Waals surface area contributed by atoms with E-state index in [0.717, 1.165) is 6.42 Å². The van der Waals surface area contributed by atoms with E-state index in [1.54, 1.807) is 0 Å². The van der Waals surface area contributed by atoms with Crippen molar-refractivity contribution in [3.05, 3.63) is 6.42 Å². The first-order chi connectivity index (χ1) is 10.4. The lowest BCUT2D eigenvalue weighted by Crippen LogP contribution is -1.83. The molecule has 0 aliphatic rings. The highest BCUT2D eigenvalue weighted by Gasteiger charge is 1.94. The molecule has 0 amide bonds. The highest BCUT2D eigenvalue weighted by Crippen LogP contribution is 2.14. The second-order valence-corrected chi connectivity index (χ2v) is 6.58. The Kier molecular flexibility index (Phi) is 19.2. The Bertz CT molecular complexity index is 211. The molecule has 0 saturated heterocycles. The van der Waals surface area contributed by atoms with E-state index in [0.29, 0.717) is 0 Å². The Labute approximate surface area is 135 Å². The lowest BCUT2D eigenvalue weighted by molar-refractivity contribution is 0.528. The minimum Gasteiger partial charge on any atom is -0.0891 e. The third-order valence-corrected chi connectivity index (χ3v) is 4.41. The Balaban J connectivity index is 2.92. The summed E-state index contributed by atoms with van der Waals surface area (Å²) in [4.78, 5) is 0. The molecule has 0 N–H and O–H groups in total. The van der Waals surface area contributed by atoms with Crippen molar-refractivity contribution in [2.45, 2.75) is 122 Å². The zero-order chi connectivity index (χ0) is 15.4. The van der Waals surface area contributed by atoms with Crippen LogP contribution in [0, 0.1) is 12.3 Å². The van der Waals surface area contributed by atoms with Gasteiger partial charge in [-0.2, -0.15) is 0 Å². The minimum absolute atomic E-state index is 0.860. The molecule has 0 atom stereocenters. The third kappa shape index (κ3) is 19.6. The quantitative estimate of drug-likeness (QED) is 0.191. The lowest BCUT2D eigenvalue weighted by atomic mass is 10.0. The van der Waals surface area contributed by atoms with E-state index in [9.17, 15) is 0 Å². The fourth-order valence-electron chi connectivity index (χ4n) is 2.94. The monoisotopic (exact) mass is 291 g/mol. The zero-order valence-electron chi connectivity index (χ0n) is 14.7. The molecule has 21 heavy (non-hydrogen) atoms. The van der Waals surface area contributed by atoms with Crippen molar-refractivity contribution in [2.24, 2.45) is 0 Å². The molecular formula is C21H39. The highest BCUT2D eigenvalue weighted by molar-refractivity contribution is 4.74. The van der Waals surface area contributed by atoms with Crippen LogP contribution in [0.15, 0.2) is 0 Å². The summed E-state index contributed by atoms with van der Waals surface area (Å²) < 4.78 is 0. The first kappa shape index (κ1) is 20.6. The molecule has 0 fully saturated rings.